The van der Waals surface area contributed by atoms with E-state index in [4.69, 9.17) is 13.8 Å². The van der Waals surface area contributed by atoms with Crippen LogP contribution in [0, 0.1) is 0 Å². The van der Waals surface area contributed by atoms with Crippen molar-refractivity contribution in [2.24, 2.45) is 0 Å². The average Bonchev–Trinajstić information content (AvgIpc) is 2.56. The van der Waals surface area contributed by atoms with E-state index in [2.05, 4.69) is 6.58 Å². The van der Waals surface area contributed by atoms with Crippen LogP contribution in [0.25, 0.3) is 0 Å². The first-order chi connectivity index (χ1) is 11.4. The van der Waals surface area contributed by atoms with E-state index in [-0.39, 0.29) is 31.0 Å². The molecule has 0 spiro atoms. The van der Waals surface area contributed by atoms with Crippen molar-refractivity contribution in [1.82, 2.24) is 0 Å². The number of carbonyl (C=O) groups is 2. The number of benzene rings is 1. The topological polar surface area (TPSA) is 78.9 Å². The van der Waals surface area contributed by atoms with Gasteiger partial charge in [0.2, 0.25) is 0 Å². The van der Waals surface area contributed by atoms with Crippen molar-refractivity contribution in [3.05, 3.63) is 48.0 Å². The van der Waals surface area contributed by atoms with Crippen LogP contribution < -0.4 is 0 Å². The van der Waals surface area contributed by atoms with Gasteiger partial charge in [-0.05, 0) is 20.8 Å². The van der Waals surface area contributed by atoms with E-state index in [1.165, 1.54) is 0 Å². The molecule has 6 nitrogen and oxygen atoms in total. The van der Waals surface area contributed by atoms with Crippen molar-refractivity contribution < 1.29 is 27.9 Å². The first kappa shape index (κ1) is 20.3. The molecule has 1 aromatic carbocycles. The average molecular weight is 354 g/mol. The van der Waals surface area contributed by atoms with Gasteiger partial charge in [0.05, 0.1) is 25.4 Å². The minimum absolute atomic E-state index is 0.0615. The minimum Gasteiger partial charge on any atom is -0.463 e. The number of carbonyl (C=O) groups excluding carboxylic acids is 2. The van der Waals surface area contributed by atoms with Gasteiger partial charge in [0, 0.05) is 5.56 Å². The van der Waals surface area contributed by atoms with Crippen molar-refractivity contribution in [1.29, 1.82) is 0 Å². The second-order valence-electron chi connectivity index (χ2n) is 4.75. The SMILES string of the molecule is C=C(C(=O)OCC)C(C(=O)c1ccccc1)P(=O)(OCC)OCC. The number of hydrogen-bond donors (Lipinski definition) is 0. The third-order valence-corrected chi connectivity index (χ3v) is 5.52. The molecule has 0 bridgehead atoms. The Hall–Kier alpha value is -1.75. The van der Waals surface area contributed by atoms with Gasteiger partial charge in [-0.1, -0.05) is 36.9 Å². The molecule has 0 saturated carbocycles. The molecule has 1 rings (SSSR count). The molecule has 0 heterocycles. The number of ketones is 1. The molecule has 24 heavy (non-hydrogen) atoms. The highest BCUT2D eigenvalue weighted by atomic mass is 31.2. The Bertz CT molecular complexity index is 615. The fourth-order valence-corrected chi connectivity index (χ4v) is 4.15. The highest BCUT2D eigenvalue weighted by molar-refractivity contribution is 7.56. The number of esters is 1. The summed E-state index contributed by atoms with van der Waals surface area (Å²) >= 11 is 0. The number of Topliss-reactive ketones (excluding diaryl/α,β-unsaturated/α-hetero) is 1. The molecule has 0 N–H and O–H groups in total. The summed E-state index contributed by atoms with van der Waals surface area (Å²) in [5.41, 5.74) is -1.40. The van der Waals surface area contributed by atoms with Crippen LogP contribution in [0.1, 0.15) is 31.1 Å². The van der Waals surface area contributed by atoms with Crippen LogP contribution in [0.4, 0.5) is 0 Å². The Morgan fingerprint density at radius 2 is 1.58 bits per heavy atom. The Labute approximate surface area is 142 Å². The van der Waals surface area contributed by atoms with Gasteiger partial charge in [-0.25, -0.2) is 4.79 Å². The van der Waals surface area contributed by atoms with Gasteiger partial charge < -0.3 is 13.8 Å². The summed E-state index contributed by atoms with van der Waals surface area (Å²) in [5.74, 6) is -1.36. The minimum atomic E-state index is -3.93. The summed E-state index contributed by atoms with van der Waals surface area (Å²) < 4.78 is 28.6. The van der Waals surface area contributed by atoms with Gasteiger partial charge in [0.25, 0.3) is 0 Å². The van der Waals surface area contributed by atoms with E-state index in [0.717, 1.165) is 0 Å². The van der Waals surface area contributed by atoms with Crippen LogP contribution in [0.5, 0.6) is 0 Å². The van der Waals surface area contributed by atoms with Gasteiger partial charge in [0.1, 0.15) is 0 Å². The molecule has 1 aromatic rings. The number of hydrogen-bond acceptors (Lipinski definition) is 6. The Morgan fingerprint density at radius 1 is 1.04 bits per heavy atom. The fraction of sp³-hybridized carbons (Fsp3) is 0.412. The lowest BCUT2D eigenvalue weighted by molar-refractivity contribution is -0.138. The molecule has 0 aliphatic heterocycles. The maximum absolute atomic E-state index is 13.1. The zero-order chi connectivity index (χ0) is 18.2. The smallest absolute Gasteiger partial charge is 0.346 e. The molecule has 0 aliphatic rings. The monoisotopic (exact) mass is 354 g/mol. The van der Waals surface area contributed by atoms with Crippen molar-refractivity contribution in [3.8, 4) is 0 Å². The van der Waals surface area contributed by atoms with Crippen molar-refractivity contribution in [2.45, 2.75) is 26.4 Å². The molecule has 1 unspecified atom stereocenters. The molecular formula is C17H23O6P. The van der Waals surface area contributed by atoms with Crippen LogP contribution in [0.3, 0.4) is 0 Å². The van der Waals surface area contributed by atoms with Gasteiger partial charge in [-0.3, -0.25) is 9.36 Å². The third-order valence-electron chi connectivity index (χ3n) is 3.11. The quantitative estimate of drug-likeness (QED) is 0.276. The van der Waals surface area contributed by atoms with Crippen LogP contribution in [0.15, 0.2) is 42.5 Å². The number of rotatable bonds is 10. The normalized spacial score (nSPS) is 12.5. The van der Waals surface area contributed by atoms with Crippen molar-refractivity contribution in [3.63, 3.8) is 0 Å². The van der Waals surface area contributed by atoms with Crippen molar-refractivity contribution in [2.75, 3.05) is 19.8 Å². The summed E-state index contributed by atoms with van der Waals surface area (Å²) in [6.07, 6.45) is 0. The van der Waals surface area contributed by atoms with E-state index in [0.29, 0.717) is 0 Å². The zero-order valence-corrected chi connectivity index (χ0v) is 15.1. The standard InChI is InChI=1S/C17H23O6P/c1-5-21-17(19)13(4)16(24(20,22-6-2)23-7-3)15(18)14-11-9-8-10-12-14/h8-12,16H,4-7H2,1-3H3. The van der Waals surface area contributed by atoms with Crippen LogP contribution in [0.2, 0.25) is 0 Å². The lowest BCUT2D eigenvalue weighted by Crippen LogP contribution is -2.30. The number of ether oxygens (including phenoxy) is 1. The third kappa shape index (κ3) is 4.87. The molecular weight excluding hydrogens is 331 g/mol. The van der Waals surface area contributed by atoms with Crippen molar-refractivity contribution >= 4 is 19.3 Å². The maximum Gasteiger partial charge on any atom is 0.346 e. The first-order valence-corrected chi connectivity index (χ1v) is 9.36. The summed E-state index contributed by atoms with van der Waals surface area (Å²) in [6.45, 7) is 8.74. The molecule has 1 atom stereocenters. The van der Waals surface area contributed by atoms with E-state index in [1.54, 1.807) is 51.1 Å². The maximum atomic E-state index is 13.1. The van der Waals surface area contributed by atoms with Crippen LogP contribution >= 0.6 is 7.60 Å². The second-order valence-corrected chi connectivity index (χ2v) is 6.87. The summed E-state index contributed by atoms with van der Waals surface area (Å²) in [5, 5.41) is 0. The van der Waals surface area contributed by atoms with Gasteiger partial charge >= 0.3 is 13.6 Å². The van der Waals surface area contributed by atoms with Crippen LogP contribution in [-0.2, 0) is 23.1 Å². The zero-order valence-electron chi connectivity index (χ0n) is 14.2. The van der Waals surface area contributed by atoms with Gasteiger partial charge in [-0.15, -0.1) is 0 Å². The van der Waals surface area contributed by atoms with E-state index >= 15 is 0 Å². The highest BCUT2D eigenvalue weighted by Gasteiger charge is 2.45. The molecule has 0 aromatic heterocycles. The lowest BCUT2D eigenvalue weighted by atomic mass is 10.0. The molecule has 0 saturated heterocycles. The fourth-order valence-electron chi connectivity index (χ4n) is 2.13. The Kier molecular flexibility index (Phi) is 8.05. The Morgan fingerprint density at radius 3 is 2.04 bits per heavy atom. The summed E-state index contributed by atoms with van der Waals surface area (Å²) in [4.78, 5) is 25.0. The molecule has 0 aliphatic carbocycles. The van der Waals surface area contributed by atoms with Gasteiger partial charge in [0.15, 0.2) is 11.4 Å². The predicted molar refractivity (Wildman–Crippen MR) is 91.2 cm³/mol. The van der Waals surface area contributed by atoms with Crippen LogP contribution in [-0.4, -0.2) is 37.2 Å². The molecule has 7 heteroatoms. The van der Waals surface area contributed by atoms with Gasteiger partial charge in [-0.2, -0.15) is 0 Å². The summed E-state index contributed by atoms with van der Waals surface area (Å²) in [7, 11) is -3.93. The van der Waals surface area contributed by atoms with E-state index in [1.807, 2.05) is 0 Å². The molecule has 0 fully saturated rings. The summed E-state index contributed by atoms with van der Waals surface area (Å²) in [6, 6.07) is 8.22. The highest BCUT2D eigenvalue weighted by Crippen LogP contribution is 2.56. The lowest BCUT2D eigenvalue weighted by Gasteiger charge is -2.26. The Balaban J connectivity index is 3.34. The first-order valence-electron chi connectivity index (χ1n) is 7.75. The largest absolute Gasteiger partial charge is 0.463 e. The predicted octanol–water partition coefficient (Wildman–Crippen LogP) is 3.62. The second kappa shape index (κ2) is 9.52. The molecule has 0 amide bonds. The molecule has 132 valence electrons. The van der Waals surface area contributed by atoms with E-state index in [9.17, 15) is 14.2 Å². The molecule has 0 radical (unpaired) electrons. The van der Waals surface area contributed by atoms with E-state index < -0.39 is 25.0 Å².